The van der Waals surface area contributed by atoms with Crippen molar-refractivity contribution < 1.29 is 55.5 Å². The van der Waals surface area contributed by atoms with E-state index < -0.39 is 47.9 Å². The van der Waals surface area contributed by atoms with Crippen molar-refractivity contribution in [3.05, 3.63) is 0 Å². The van der Waals surface area contributed by atoms with Crippen LogP contribution in [0.1, 0.15) is 20.3 Å². The van der Waals surface area contributed by atoms with Gasteiger partial charge < -0.3 is 24.3 Å². The molecule has 0 aromatic rings. The molecule has 0 spiro atoms. The number of phosphoric acid groups is 3. The van der Waals surface area contributed by atoms with Crippen molar-refractivity contribution in [1.82, 2.24) is 0 Å². The van der Waals surface area contributed by atoms with Gasteiger partial charge in [-0.25, -0.2) is 18.1 Å². The number of hydrogen-bond acceptors (Lipinski definition) is 7. The van der Waals surface area contributed by atoms with Crippen LogP contribution in [-0.2, 0) is 31.6 Å². The van der Waals surface area contributed by atoms with Crippen LogP contribution in [-0.4, -0.2) is 51.8 Å². The number of ether oxygens (including phenoxy) is 1. The van der Waals surface area contributed by atoms with Crippen LogP contribution in [0.25, 0.3) is 0 Å². The number of phosphoric ester groups is 1. The van der Waals surface area contributed by atoms with Gasteiger partial charge in [-0.05, 0) is 13.3 Å². The van der Waals surface area contributed by atoms with Gasteiger partial charge in [0.05, 0.1) is 18.7 Å². The first-order chi connectivity index (χ1) is 11.1. The van der Waals surface area contributed by atoms with E-state index in [9.17, 15) is 23.0 Å². The summed E-state index contributed by atoms with van der Waals surface area (Å²) < 4.78 is 63.3. The zero-order valence-electron chi connectivity index (χ0n) is 13.1. The fraction of sp³-hybridized carbons (Fsp3) is 0.778. The molecule has 0 saturated carbocycles. The Morgan fingerprint density at radius 1 is 1.20 bits per heavy atom. The van der Waals surface area contributed by atoms with Crippen molar-refractivity contribution in [3.63, 3.8) is 0 Å². The molecule has 0 rings (SSSR count). The highest BCUT2D eigenvalue weighted by atomic mass is 31.3. The molecule has 25 heavy (non-hydrogen) atoms. The van der Waals surface area contributed by atoms with E-state index in [0.717, 1.165) is 0 Å². The SMILES string of the molecule is [B][C@H](O[C@@H](C)COP(=O)(O)OP(=O)(O)OP(=O)(O)O)C(F)(C#C)CC. The van der Waals surface area contributed by atoms with Gasteiger partial charge in [0.2, 0.25) is 0 Å². The molecule has 3 unspecified atom stereocenters. The van der Waals surface area contributed by atoms with Gasteiger partial charge in [0, 0.05) is 0 Å². The molecule has 2 radical (unpaired) electrons. The summed E-state index contributed by atoms with van der Waals surface area (Å²) in [6, 6.07) is -1.60. The molecule has 144 valence electrons. The molecular weight excluding hydrogens is 407 g/mol. The van der Waals surface area contributed by atoms with Gasteiger partial charge in [0.1, 0.15) is 7.85 Å². The summed E-state index contributed by atoms with van der Waals surface area (Å²) in [4.78, 5) is 34.9. The third kappa shape index (κ3) is 9.99. The molecule has 4 N–H and O–H groups in total. The number of hydrogen-bond donors (Lipinski definition) is 4. The monoisotopic (exact) mass is 424 g/mol. The summed E-state index contributed by atoms with van der Waals surface area (Å²) in [7, 11) is -10.9. The first-order valence-corrected chi connectivity index (χ1v) is 10.9. The molecule has 0 aliphatic heterocycles. The summed E-state index contributed by atoms with van der Waals surface area (Å²) in [6.45, 7) is 1.89. The van der Waals surface area contributed by atoms with Crippen LogP contribution in [0.5, 0.6) is 0 Å². The minimum atomic E-state index is -5.61. The number of halogens is 1. The predicted octanol–water partition coefficient (Wildman–Crippen LogP) is 0.981. The highest BCUT2D eigenvalue weighted by Crippen LogP contribution is 2.66. The van der Waals surface area contributed by atoms with Crippen molar-refractivity contribution in [3.8, 4) is 12.3 Å². The molecule has 11 nitrogen and oxygen atoms in total. The summed E-state index contributed by atoms with van der Waals surface area (Å²) in [5.74, 6) is 1.81. The Morgan fingerprint density at radius 3 is 2.12 bits per heavy atom. The second-order valence-electron chi connectivity index (χ2n) is 4.61. The largest absolute Gasteiger partial charge is 0.490 e. The number of rotatable bonds is 11. The minimum absolute atomic E-state index is 0.173. The van der Waals surface area contributed by atoms with Crippen molar-refractivity contribution in [2.75, 3.05) is 6.61 Å². The van der Waals surface area contributed by atoms with Crippen LogP contribution in [0.15, 0.2) is 0 Å². The normalized spacial score (nSPS) is 22.0. The predicted molar refractivity (Wildman–Crippen MR) is 82.9 cm³/mol. The van der Waals surface area contributed by atoms with E-state index in [1.165, 1.54) is 13.8 Å². The lowest BCUT2D eigenvalue weighted by molar-refractivity contribution is -0.0439. The van der Waals surface area contributed by atoms with Crippen LogP contribution in [0.3, 0.4) is 0 Å². The topological polar surface area (TPSA) is 169 Å². The molecule has 0 fully saturated rings. The van der Waals surface area contributed by atoms with E-state index in [0.29, 0.717) is 0 Å². The fourth-order valence-corrected chi connectivity index (χ4v) is 4.38. The van der Waals surface area contributed by atoms with E-state index >= 15 is 0 Å². The number of alkyl halides is 1. The molecule has 0 aromatic carbocycles. The Bertz CT molecular complexity index is 633. The molecule has 0 heterocycles. The van der Waals surface area contributed by atoms with Crippen molar-refractivity contribution in [2.45, 2.75) is 38.0 Å². The summed E-state index contributed by atoms with van der Waals surface area (Å²) in [5, 5.41) is 0. The van der Waals surface area contributed by atoms with Crippen LogP contribution in [0, 0.1) is 12.3 Å². The standard InChI is InChI=1S/C9H17BFO11P3/c1-4-9(11,5-2)8(10)20-7(3)6-19-24(15,16)22-25(17,18)21-23(12,13)14/h1,7-8H,5-6H2,2-3H3,(H,15,16)(H,17,18)(H2,12,13,14)/t7-,8+,9?/m0/s1. The van der Waals surface area contributed by atoms with Gasteiger partial charge in [0.25, 0.3) is 0 Å². The maximum Gasteiger partial charge on any atom is 0.490 e. The van der Waals surface area contributed by atoms with E-state index in [1.807, 2.05) is 5.92 Å². The Morgan fingerprint density at radius 2 is 1.72 bits per heavy atom. The summed E-state index contributed by atoms with van der Waals surface area (Å²) >= 11 is 0. The summed E-state index contributed by atoms with van der Waals surface area (Å²) in [5.41, 5.74) is -2.30. The third-order valence-electron chi connectivity index (χ3n) is 2.47. The van der Waals surface area contributed by atoms with E-state index in [4.69, 9.17) is 33.7 Å². The molecule has 0 aliphatic carbocycles. The van der Waals surface area contributed by atoms with Crippen molar-refractivity contribution in [2.24, 2.45) is 0 Å². The molecule has 0 saturated heterocycles. The first kappa shape index (κ1) is 24.9. The number of terminal acetylenes is 1. The fourth-order valence-electron chi connectivity index (χ4n) is 1.29. The third-order valence-corrected chi connectivity index (χ3v) is 6.28. The van der Waals surface area contributed by atoms with Crippen LogP contribution >= 0.6 is 23.5 Å². The zero-order chi connectivity index (χ0) is 20.1. The molecule has 5 atom stereocenters. The van der Waals surface area contributed by atoms with Gasteiger partial charge in [0.15, 0.2) is 5.67 Å². The zero-order valence-corrected chi connectivity index (χ0v) is 15.8. The lowest BCUT2D eigenvalue weighted by atomic mass is 9.82. The molecule has 0 aromatic heterocycles. The second kappa shape index (κ2) is 9.22. The highest BCUT2D eigenvalue weighted by Gasteiger charge is 2.41. The Labute approximate surface area is 144 Å². The van der Waals surface area contributed by atoms with Gasteiger partial charge in [-0.1, -0.05) is 12.8 Å². The van der Waals surface area contributed by atoms with Crippen LogP contribution in [0.2, 0.25) is 0 Å². The Kier molecular flexibility index (Phi) is 9.19. The maximum atomic E-state index is 14.0. The van der Waals surface area contributed by atoms with E-state index in [2.05, 4.69) is 13.1 Å². The minimum Gasteiger partial charge on any atom is -0.378 e. The van der Waals surface area contributed by atoms with Crippen molar-refractivity contribution >= 4 is 31.3 Å². The smallest absolute Gasteiger partial charge is 0.378 e. The average molecular weight is 424 g/mol. The molecule has 0 amide bonds. The molecular formula is C9H17BFO11P3. The molecule has 0 bridgehead atoms. The highest BCUT2D eigenvalue weighted by molar-refractivity contribution is 7.66. The van der Waals surface area contributed by atoms with Gasteiger partial charge in [-0.3, -0.25) is 4.52 Å². The Balaban J connectivity index is 4.69. The van der Waals surface area contributed by atoms with Crippen LogP contribution < -0.4 is 0 Å². The molecule has 0 aliphatic rings. The van der Waals surface area contributed by atoms with Gasteiger partial charge >= 0.3 is 23.5 Å². The van der Waals surface area contributed by atoms with Crippen LogP contribution in [0.4, 0.5) is 4.39 Å². The van der Waals surface area contributed by atoms with Gasteiger partial charge in [-0.15, -0.1) is 6.42 Å². The van der Waals surface area contributed by atoms with E-state index in [-0.39, 0.29) is 6.42 Å². The average Bonchev–Trinajstić information content (AvgIpc) is 2.40. The Hall–Kier alpha value is -0.0751. The van der Waals surface area contributed by atoms with Gasteiger partial charge in [-0.2, -0.15) is 8.62 Å². The summed E-state index contributed by atoms with van der Waals surface area (Å²) in [6.07, 6.45) is 3.71. The quantitative estimate of drug-likeness (QED) is 0.212. The molecule has 16 heteroatoms. The lowest BCUT2D eigenvalue weighted by Gasteiger charge is -2.29. The first-order valence-electron chi connectivity index (χ1n) is 6.42. The second-order valence-corrected chi connectivity index (χ2v) is 9.03. The maximum absolute atomic E-state index is 14.0. The van der Waals surface area contributed by atoms with E-state index in [1.54, 1.807) is 0 Å². The van der Waals surface area contributed by atoms with Crippen molar-refractivity contribution in [1.29, 1.82) is 0 Å². The lowest BCUT2D eigenvalue weighted by Crippen LogP contribution is -2.41.